The highest BCUT2D eigenvalue weighted by Gasteiger charge is 2.21. The Morgan fingerprint density at radius 3 is 2.45 bits per heavy atom. The number of carbonyl (C=O) groups is 2. The minimum atomic E-state index is -1.11. The molecule has 0 aromatic heterocycles. The Morgan fingerprint density at radius 1 is 1.09 bits per heavy atom. The van der Waals surface area contributed by atoms with Crippen molar-refractivity contribution in [2.75, 3.05) is 6.54 Å². The molecule has 2 aromatic carbocycles. The number of amides is 1. The fourth-order valence-electron chi connectivity index (χ4n) is 2.13. The first-order valence-electron chi connectivity index (χ1n) is 6.85. The highest BCUT2D eigenvalue weighted by atomic mass is 19.1. The van der Waals surface area contributed by atoms with Crippen LogP contribution in [0, 0.1) is 5.82 Å². The van der Waals surface area contributed by atoms with Gasteiger partial charge in [-0.3, -0.25) is 9.59 Å². The molecule has 22 heavy (non-hydrogen) atoms. The molecule has 0 fully saturated rings. The minimum Gasteiger partial charge on any atom is -0.481 e. The standard InChI is InChI=1S/C17H16FNO3/c18-14-8-4-7-13(10-14)15(17(21)22)11-19-16(20)9-12-5-2-1-3-6-12/h1-8,10,15H,9,11H2,(H,19,20)(H,21,22)/t15-/m1/s1. The molecular weight excluding hydrogens is 285 g/mol. The number of rotatable bonds is 6. The molecule has 1 atom stereocenters. The molecule has 2 N–H and O–H groups in total. The quantitative estimate of drug-likeness (QED) is 0.860. The van der Waals surface area contributed by atoms with Crippen LogP contribution in [-0.4, -0.2) is 23.5 Å². The Morgan fingerprint density at radius 2 is 1.82 bits per heavy atom. The van der Waals surface area contributed by atoms with Crippen molar-refractivity contribution in [3.05, 3.63) is 71.5 Å². The Hall–Kier alpha value is -2.69. The van der Waals surface area contributed by atoms with Crippen LogP contribution in [0.3, 0.4) is 0 Å². The van der Waals surface area contributed by atoms with Gasteiger partial charge in [-0.1, -0.05) is 42.5 Å². The molecule has 4 nitrogen and oxygen atoms in total. The van der Waals surface area contributed by atoms with Gasteiger partial charge in [0.2, 0.25) is 5.91 Å². The second-order valence-electron chi connectivity index (χ2n) is 4.91. The van der Waals surface area contributed by atoms with Gasteiger partial charge in [-0.05, 0) is 23.3 Å². The van der Waals surface area contributed by atoms with E-state index in [1.165, 1.54) is 24.3 Å². The Bertz CT molecular complexity index is 658. The van der Waals surface area contributed by atoms with Crippen molar-refractivity contribution >= 4 is 11.9 Å². The van der Waals surface area contributed by atoms with Gasteiger partial charge in [0, 0.05) is 6.54 Å². The summed E-state index contributed by atoms with van der Waals surface area (Å²) in [6.07, 6.45) is 0.177. The van der Waals surface area contributed by atoms with E-state index in [4.69, 9.17) is 0 Å². The van der Waals surface area contributed by atoms with Crippen LogP contribution in [0.2, 0.25) is 0 Å². The van der Waals surface area contributed by atoms with Gasteiger partial charge in [-0.15, -0.1) is 0 Å². The summed E-state index contributed by atoms with van der Waals surface area (Å²) >= 11 is 0. The smallest absolute Gasteiger partial charge is 0.312 e. The van der Waals surface area contributed by atoms with E-state index >= 15 is 0 Å². The minimum absolute atomic E-state index is 0.0789. The van der Waals surface area contributed by atoms with Crippen molar-refractivity contribution in [3.8, 4) is 0 Å². The zero-order chi connectivity index (χ0) is 15.9. The van der Waals surface area contributed by atoms with Crippen LogP contribution < -0.4 is 5.32 Å². The molecule has 0 saturated carbocycles. The van der Waals surface area contributed by atoms with E-state index in [-0.39, 0.29) is 18.9 Å². The molecule has 0 aliphatic carbocycles. The van der Waals surface area contributed by atoms with Crippen LogP contribution in [0.1, 0.15) is 17.0 Å². The van der Waals surface area contributed by atoms with Crippen LogP contribution in [-0.2, 0) is 16.0 Å². The third-order valence-corrected chi connectivity index (χ3v) is 3.26. The second-order valence-corrected chi connectivity index (χ2v) is 4.91. The number of nitrogens with one attached hydrogen (secondary N) is 1. The van der Waals surface area contributed by atoms with Crippen molar-refractivity contribution < 1.29 is 19.1 Å². The van der Waals surface area contributed by atoms with Crippen LogP contribution in [0.25, 0.3) is 0 Å². The zero-order valence-electron chi connectivity index (χ0n) is 11.8. The van der Waals surface area contributed by atoms with Gasteiger partial charge in [-0.2, -0.15) is 0 Å². The van der Waals surface area contributed by atoms with Gasteiger partial charge in [0.15, 0.2) is 0 Å². The van der Waals surface area contributed by atoms with Gasteiger partial charge < -0.3 is 10.4 Å². The largest absolute Gasteiger partial charge is 0.481 e. The summed E-state index contributed by atoms with van der Waals surface area (Å²) in [5.41, 5.74) is 1.17. The van der Waals surface area contributed by atoms with Gasteiger partial charge >= 0.3 is 5.97 Å². The Kier molecular flexibility index (Phi) is 5.25. The summed E-state index contributed by atoms with van der Waals surface area (Å²) < 4.78 is 13.2. The highest BCUT2D eigenvalue weighted by molar-refractivity contribution is 5.81. The summed E-state index contributed by atoms with van der Waals surface area (Å²) in [6.45, 7) is -0.0789. The topological polar surface area (TPSA) is 66.4 Å². The number of hydrogen-bond donors (Lipinski definition) is 2. The lowest BCUT2D eigenvalue weighted by atomic mass is 9.99. The van der Waals surface area contributed by atoms with Gasteiger partial charge in [0.05, 0.1) is 12.3 Å². The van der Waals surface area contributed by atoms with E-state index < -0.39 is 17.7 Å². The van der Waals surface area contributed by atoms with Crippen molar-refractivity contribution in [2.24, 2.45) is 0 Å². The summed E-state index contributed by atoms with van der Waals surface area (Å²) in [4.78, 5) is 23.2. The molecule has 0 radical (unpaired) electrons. The maximum absolute atomic E-state index is 13.2. The number of aliphatic carboxylic acids is 1. The average Bonchev–Trinajstić information content (AvgIpc) is 2.48. The first-order chi connectivity index (χ1) is 10.6. The number of carboxylic acids is 1. The molecule has 114 valence electrons. The SMILES string of the molecule is O=C(Cc1ccccc1)NC[C@@H](C(=O)O)c1cccc(F)c1. The lowest BCUT2D eigenvalue weighted by Crippen LogP contribution is -2.32. The molecule has 0 heterocycles. The molecule has 0 saturated heterocycles. The average molecular weight is 301 g/mol. The third kappa shape index (κ3) is 4.41. The van der Waals surface area contributed by atoms with Crippen molar-refractivity contribution in [2.45, 2.75) is 12.3 Å². The second kappa shape index (κ2) is 7.36. The summed E-state index contributed by atoms with van der Waals surface area (Å²) in [5.74, 6) is -2.85. The van der Waals surface area contributed by atoms with E-state index in [1.807, 2.05) is 30.3 Å². The van der Waals surface area contributed by atoms with Crippen LogP contribution in [0.4, 0.5) is 4.39 Å². The molecule has 0 aliphatic rings. The number of carbonyl (C=O) groups excluding carboxylic acids is 1. The number of benzene rings is 2. The lowest BCUT2D eigenvalue weighted by Gasteiger charge is -2.14. The van der Waals surface area contributed by atoms with E-state index in [1.54, 1.807) is 0 Å². The molecule has 0 bridgehead atoms. The molecule has 5 heteroatoms. The summed E-state index contributed by atoms with van der Waals surface area (Å²) in [7, 11) is 0. The van der Waals surface area contributed by atoms with E-state index in [0.29, 0.717) is 5.56 Å². The van der Waals surface area contributed by atoms with Crippen LogP contribution in [0.15, 0.2) is 54.6 Å². The monoisotopic (exact) mass is 301 g/mol. The summed E-state index contributed by atoms with van der Waals surface area (Å²) in [5, 5.41) is 11.8. The predicted molar refractivity (Wildman–Crippen MR) is 79.9 cm³/mol. The molecule has 2 aromatic rings. The molecule has 1 amide bonds. The maximum Gasteiger partial charge on any atom is 0.312 e. The molecular formula is C17H16FNO3. The zero-order valence-corrected chi connectivity index (χ0v) is 11.8. The van der Waals surface area contributed by atoms with E-state index in [9.17, 15) is 19.1 Å². The summed E-state index contributed by atoms with van der Waals surface area (Å²) in [6, 6.07) is 14.6. The Labute approximate surface area is 127 Å². The van der Waals surface area contributed by atoms with Crippen molar-refractivity contribution in [1.82, 2.24) is 5.32 Å². The first-order valence-corrected chi connectivity index (χ1v) is 6.85. The predicted octanol–water partition coefficient (Wildman–Crippen LogP) is 2.35. The lowest BCUT2D eigenvalue weighted by molar-refractivity contribution is -0.138. The Balaban J connectivity index is 1.97. The van der Waals surface area contributed by atoms with Crippen LogP contribution >= 0.6 is 0 Å². The van der Waals surface area contributed by atoms with Gasteiger partial charge in [0.25, 0.3) is 0 Å². The maximum atomic E-state index is 13.2. The van der Waals surface area contributed by atoms with Crippen molar-refractivity contribution in [1.29, 1.82) is 0 Å². The van der Waals surface area contributed by atoms with Crippen LogP contribution in [0.5, 0.6) is 0 Å². The number of carboxylic acid groups (broad SMARTS) is 1. The fraction of sp³-hybridized carbons (Fsp3) is 0.176. The first kappa shape index (κ1) is 15.7. The number of halogens is 1. The molecule has 2 rings (SSSR count). The highest BCUT2D eigenvalue weighted by Crippen LogP contribution is 2.16. The normalized spacial score (nSPS) is 11.7. The fourth-order valence-corrected chi connectivity index (χ4v) is 2.13. The third-order valence-electron chi connectivity index (χ3n) is 3.26. The van der Waals surface area contributed by atoms with Gasteiger partial charge in [-0.25, -0.2) is 4.39 Å². The number of hydrogen-bond acceptors (Lipinski definition) is 2. The molecule has 0 spiro atoms. The van der Waals surface area contributed by atoms with E-state index in [2.05, 4.69) is 5.32 Å². The van der Waals surface area contributed by atoms with Crippen molar-refractivity contribution in [3.63, 3.8) is 0 Å². The van der Waals surface area contributed by atoms with Gasteiger partial charge in [0.1, 0.15) is 5.82 Å². The molecule has 0 aliphatic heterocycles. The molecule has 0 unspecified atom stereocenters. The van der Waals surface area contributed by atoms with E-state index in [0.717, 1.165) is 5.56 Å².